The maximum Gasteiger partial charge on any atom is 0.0787 e. The highest BCUT2D eigenvalue weighted by Gasteiger charge is 2.21. The van der Waals surface area contributed by atoms with E-state index in [4.69, 9.17) is 0 Å². The van der Waals surface area contributed by atoms with Gasteiger partial charge < -0.3 is 5.11 Å². The standard InChI is InChI=1S/C17H28O/c1-8-15(18)12-9-13(16(2,3)4)11-14(10-12)17(5,6)7/h9-11,15,18H,8H2,1-7H3. The van der Waals surface area contributed by atoms with Crippen molar-refractivity contribution in [1.29, 1.82) is 0 Å². The smallest absolute Gasteiger partial charge is 0.0787 e. The van der Waals surface area contributed by atoms with Gasteiger partial charge in [0, 0.05) is 0 Å². The van der Waals surface area contributed by atoms with Crippen molar-refractivity contribution in [1.82, 2.24) is 0 Å². The van der Waals surface area contributed by atoms with Crippen LogP contribution in [0.1, 0.15) is 77.7 Å². The Hall–Kier alpha value is -0.820. The van der Waals surface area contributed by atoms with Gasteiger partial charge in [-0.05, 0) is 33.9 Å². The molecule has 0 bridgehead atoms. The van der Waals surface area contributed by atoms with Crippen molar-refractivity contribution in [2.24, 2.45) is 0 Å². The summed E-state index contributed by atoms with van der Waals surface area (Å²) in [5.41, 5.74) is 3.89. The Balaban J connectivity index is 3.39. The van der Waals surface area contributed by atoms with E-state index >= 15 is 0 Å². The topological polar surface area (TPSA) is 20.2 Å². The summed E-state index contributed by atoms with van der Waals surface area (Å²) in [4.78, 5) is 0. The van der Waals surface area contributed by atoms with E-state index < -0.39 is 0 Å². The minimum atomic E-state index is -0.353. The van der Waals surface area contributed by atoms with E-state index in [1.807, 2.05) is 6.92 Å². The van der Waals surface area contributed by atoms with E-state index in [-0.39, 0.29) is 16.9 Å². The molecule has 0 aliphatic carbocycles. The first kappa shape index (κ1) is 15.2. The van der Waals surface area contributed by atoms with Crippen LogP contribution in [-0.4, -0.2) is 5.11 Å². The molecule has 0 radical (unpaired) electrons. The van der Waals surface area contributed by atoms with Crippen molar-refractivity contribution in [3.63, 3.8) is 0 Å². The molecule has 0 spiro atoms. The zero-order valence-electron chi connectivity index (χ0n) is 13.0. The van der Waals surface area contributed by atoms with Crippen LogP contribution in [0.5, 0.6) is 0 Å². The van der Waals surface area contributed by atoms with Crippen molar-refractivity contribution >= 4 is 0 Å². The molecule has 0 aromatic heterocycles. The maximum atomic E-state index is 10.1. The molecule has 0 aliphatic heterocycles. The summed E-state index contributed by atoms with van der Waals surface area (Å²) in [7, 11) is 0. The largest absolute Gasteiger partial charge is 0.388 e. The lowest BCUT2D eigenvalue weighted by Crippen LogP contribution is -2.17. The fourth-order valence-corrected chi connectivity index (χ4v) is 1.95. The highest BCUT2D eigenvalue weighted by molar-refractivity contribution is 5.38. The second-order valence-corrected chi connectivity index (χ2v) is 7.27. The molecule has 1 aromatic carbocycles. The van der Waals surface area contributed by atoms with Crippen molar-refractivity contribution in [3.05, 3.63) is 34.9 Å². The van der Waals surface area contributed by atoms with Crippen LogP contribution in [0.15, 0.2) is 18.2 Å². The first-order chi connectivity index (χ1) is 8.05. The average molecular weight is 248 g/mol. The lowest BCUT2D eigenvalue weighted by Gasteiger charge is -2.27. The average Bonchev–Trinajstić information content (AvgIpc) is 2.25. The number of rotatable bonds is 2. The van der Waals surface area contributed by atoms with Gasteiger partial charge in [-0.25, -0.2) is 0 Å². The minimum Gasteiger partial charge on any atom is -0.388 e. The van der Waals surface area contributed by atoms with Crippen LogP contribution < -0.4 is 0 Å². The maximum absolute atomic E-state index is 10.1. The van der Waals surface area contributed by atoms with Gasteiger partial charge in [-0.1, -0.05) is 66.7 Å². The van der Waals surface area contributed by atoms with Crippen LogP contribution in [0.2, 0.25) is 0 Å². The van der Waals surface area contributed by atoms with E-state index in [1.54, 1.807) is 0 Å². The number of aliphatic hydroxyl groups excluding tert-OH is 1. The minimum absolute atomic E-state index is 0.115. The quantitative estimate of drug-likeness (QED) is 0.802. The van der Waals surface area contributed by atoms with E-state index in [9.17, 15) is 5.11 Å². The molecule has 1 aromatic rings. The lowest BCUT2D eigenvalue weighted by atomic mass is 9.79. The van der Waals surface area contributed by atoms with Gasteiger partial charge in [0.15, 0.2) is 0 Å². The Morgan fingerprint density at radius 2 is 1.28 bits per heavy atom. The van der Waals surface area contributed by atoms with Gasteiger partial charge in [-0.3, -0.25) is 0 Å². The molecule has 1 N–H and O–H groups in total. The van der Waals surface area contributed by atoms with Gasteiger partial charge >= 0.3 is 0 Å². The highest BCUT2D eigenvalue weighted by Crippen LogP contribution is 2.32. The van der Waals surface area contributed by atoms with Crippen LogP contribution in [0, 0.1) is 0 Å². The van der Waals surface area contributed by atoms with Crippen LogP contribution >= 0.6 is 0 Å². The number of aliphatic hydroxyl groups is 1. The van der Waals surface area contributed by atoms with E-state index in [0.717, 1.165) is 12.0 Å². The monoisotopic (exact) mass is 248 g/mol. The normalized spacial score (nSPS) is 14.7. The first-order valence-corrected chi connectivity index (χ1v) is 6.89. The van der Waals surface area contributed by atoms with Crippen LogP contribution in [0.3, 0.4) is 0 Å². The fourth-order valence-electron chi connectivity index (χ4n) is 1.95. The van der Waals surface area contributed by atoms with Crippen LogP contribution in [0.4, 0.5) is 0 Å². The number of hydrogen-bond acceptors (Lipinski definition) is 1. The second-order valence-electron chi connectivity index (χ2n) is 7.27. The second kappa shape index (κ2) is 5.05. The Morgan fingerprint density at radius 1 is 0.889 bits per heavy atom. The van der Waals surface area contributed by atoms with Gasteiger partial charge in [0.25, 0.3) is 0 Å². The zero-order valence-corrected chi connectivity index (χ0v) is 13.0. The molecule has 1 rings (SSSR count). The van der Waals surface area contributed by atoms with Gasteiger partial charge in [-0.2, -0.15) is 0 Å². The molecule has 1 nitrogen and oxygen atoms in total. The number of hydrogen-bond donors (Lipinski definition) is 1. The van der Waals surface area contributed by atoms with Gasteiger partial charge in [-0.15, -0.1) is 0 Å². The Bertz CT molecular complexity index is 372. The zero-order chi connectivity index (χ0) is 14.1. The molecule has 102 valence electrons. The molecular formula is C17H28O. The SMILES string of the molecule is CCC(O)c1cc(C(C)(C)C)cc(C(C)(C)C)c1. The summed E-state index contributed by atoms with van der Waals surface area (Å²) < 4.78 is 0. The molecule has 0 heterocycles. The Kier molecular flexibility index (Phi) is 4.27. The molecular weight excluding hydrogens is 220 g/mol. The van der Waals surface area contributed by atoms with Crippen molar-refractivity contribution in [2.75, 3.05) is 0 Å². The van der Waals surface area contributed by atoms with Crippen LogP contribution in [-0.2, 0) is 10.8 Å². The summed E-state index contributed by atoms with van der Waals surface area (Å²) in [5.74, 6) is 0. The van der Waals surface area contributed by atoms with Gasteiger partial charge in [0.2, 0.25) is 0 Å². The summed E-state index contributed by atoms with van der Waals surface area (Å²) in [6.45, 7) is 15.3. The number of benzene rings is 1. The predicted molar refractivity (Wildman–Crippen MR) is 79.1 cm³/mol. The lowest BCUT2D eigenvalue weighted by molar-refractivity contribution is 0.173. The van der Waals surface area contributed by atoms with Crippen molar-refractivity contribution < 1.29 is 5.11 Å². The Morgan fingerprint density at radius 3 is 1.56 bits per heavy atom. The molecule has 0 saturated carbocycles. The first-order valence-electron chi connectivity index (χ1n) is 6.89. The third-order valence-electron chi connectivity index (χ3n) is 3.46. The predicted octanol–water partition coefficient (Wildman–Crippen LogP) is 4.73. The van der Waals surface area contributed by atoms with Crippen molar-refractivity contribution in [2.45, 2.75) is 71.8 Å². The van der Waals surface area contributed by atoms with Gasteiger partial charge in [0.1, 0.15) is 0 Å². The van der Waals surface area contributed by atoms with Gasteiger partial charge in [0.05, 0.1) is 6.10 Å². The summed E-state index contributed by atoms with van der Waals surface area (Å²) in [6.07, 6.45) is 0.408. The Labute approximate surface area is 112 Å². The third-order valence-corrected chi connectivity index (χ3v) is 3.46. The van der Waals surface area contributed by atoms with E-state index in [0.29, 0.717) is 0 Å². The fraction of sp³-hybridized carbons (Fsp3) is 0.647. The summed E-state index contributed by atoms with van der Waals surface area (Å²) >= 11 is 0. The highest BCUT2D eigenvalue weighted by atomic mass is 16.3. The van der Waals surface area contributed by atoms with E-state index in [2.05, 4.69) is 59.7 Å². The molecule has 0 aliphatic rings. The molecule has 18 heavy (non-hydrogen) atoms. The van der Waals surface area contributed by atoms with E-state index in [1.165, 1.54) is 11.1 Å². The molecule has 0 fully saturated rings. The molecule has 0 saturated heterocycles. The molecule has 0 amide bonds. The third kappa shape index (κ3) is 3.58. The van der Waals surface area contributed by atoms with Crippen LogP contribution in [0.25, 0.3) is 0 Å². The molecule has 1 heteroatoms. The summed E-state index contributed by atoms with van der Waals surface area (Å²) in [6, 6.07) is 6.60. The molecule has 1 unspecified atom stereocenters. The summed E-state index contributed by atoms with van der Waals surface area (Å²) in [5, 5.41) is 10.1. The van der Waals surface area contributed by atoms with Crippen molar-refractivity contribution in [3.8, 4) is 0 Å². The molecule has 1 atom stereocenters.